The van der Waals surface area contributed by atoms with Gasteiger partial charge in [-0.2, -0.15) is 0 Å². The fraction of sp³-hybridized carbons (Fsp3) is 0.455. The van der Waals surface area contributed by atoms with Crippen LogP contribution in [0.4, 0.5) is 0 Å². The van der Waals surface area contributed by atoms with Crippen LogP contribution in [0.5, 0.6) is 0 Å². The van der Waals surface area contributed by atoms with Crippen LogP contribution in [0.15, 0.2) is 23.1 Å². The Labute approximate surface area is 100 Å². The second-order valence-corrected chi connectivity index (χ2v) is 5.31. The lowest BCUT2D eigenvalue weighted by Gasteiger charge is -2.12. The molecule has 0 amide bonds. The summed E-state index contributed by atoms with van der Waals surface area (Å²) in [4.78, 5) is 1.18. The summed E-state index contributed by atoms with van der Waals surface area (Å²) in [7, 11) is 1.91. The first-order chi connectivity index (χ1) is 7.17. The van der Waals surface area contributed by atoms with Gasteiger partial charge in [-0.25, -0.2) is 0 Å². The van der Waals surface area contributed by atoms with Gasteiger partial charge in [-0.05, 0) is 30.8 Å². The van der Waals surface area contributed by atoms with Gasteiger partial charge in [0.1, 0.15) is 0 Å². The van der Waals surface area contributed by atoms with Gasteiger partial charge >= 0.3 is 0 Å². The summed E-state index contributed by atoms with van der Waals surface area (Å²) in [5.74, 6) is 0. The Balaban J connectivity index is 2.85. The van der Waals surface area contributed by atoms with Gasteiger partial charge in [0, 0.05) is 21.7 Å². The van der Waals surface area contributed by atoms with Gasteiger partial charge < -0.3 is 10.4 Å². The average molecular weight is 246 g/mol. The highest BCUT2D eigenvalue weighted by atomic mass is 35.5. The standard InChI is InChI=1S/C11H16ClNOS/c1-8(7-14)15-11-4-3-10(12)5-9(11)6-13-2/h3-5,8,13-14H,6-7H2,1-2H3. The lowest BCUT2D eigenvalue weighted by atomic mass is 10.2. The van der Waals surface area contributed by atoms with Gasteiger partial charge in [0.15, 0.2) is 0 Å². The Morgan fingerprint density at radius 2 is 2.27 bits per heavy atom. The van der Waals surface area contributed by atoms with E-state index in [2.05, 4.69) is 5.32 Å². The first-order valence-corrected chi connectivity index (χ1v) is 6.13. The topological polar surface area (TPSA) is 32.3 Å². The molecule has 1 aromatic rings. The van der Waals surface area contributed by atoms with E-state index in [0.717, 1.165) is 11.6 Å². The van der Waals surface area contributed by atoms with Crippen LogP contribution in [0.3, 0.4) is 0 Å². The van der Waals surface area contributed by atoms with E-state index in [0.29, 0.717) is 0 Å². The Bertz CT molecular complexity index is 319. The maximum absolute atomic E-state index is 9.01. The highest BCUT2D eigenvalue weighted by molar-refractivity contribution is 8.00. The van der Waals surface area contributed by atoms with E-state index >= 15 is 0 Å². The van der Waals surface area contributed by atoms with Gasteiger partial charge in [0.2, 0.25) is 0 Å². The number of halogens is 1. The minimum absolute atomic E-state index is 0.187. The highest BCUT2D eigenvalue weighted by Crippen LogP contribution is 2.28. The predicted octanol–water partition coefficient (Wildman–Crippen LogP) is 2.53. The molecule has 84 valence electrons. The van der Waals surface area contributed by atoms with Gasteiger partial charge in [-0.3, -0.25) is 0 Å². The molecule has 1 rings (SSSR count). The number of aliphatic hydroxyl groups is 1. The maximum Gasteiger partial charge on any atom is 0.0550 e. The Morgan fingerprint density at radius 3 is 2.87 bits per heavy atom. The van der Waals surface area contributed by atoms with Crippen molar-refractivity contribution in [3.63, 3.8) is 0 Å². The van der Waals surface area contributed by atoms with Crippen LogP contribution in [0.25, 0.3) is 0 Å². The molecule has 15 heavy (non-hydrogen) atoms. The van der Waals surface area contributed by atoms with Crippen LogP contribution >= 0.6 is 23.4 Å². The molecule has 0 aliphatic heterocycles. The lowest BCUT2D eigenvalue weighted by molar-refractivity contribution is 0.300. The highest BCUT2D eigenvalue weighted by Gasteiger charge is 2.07. The van der Waals surface area contributed by atoms with Crippen molar-refractivity contribution in [1.29, 1.82) is 0 Å². The van der Waals surface area contributed by atoms with E-state index < -0.39 is 0 Å². The zero-order valence-corrected chi connectivity index (χ0v) is 10.5. The Morgan fingerprint density at radius 1 is 1.53 bits per heavy atom. The number of nitrogens with one attached hydrogen (secondary N) is 1. The van der Waals surface area contributed by atoms with E-state index in [-0.39, 0.29) is 11.9 Å². The molecular formula is C11H16ClNOS. The predicted molar refractivity (Wildman–Crippen MR) is 66.6 cm³/mol. The quantitative estimate of drug-likeness (QED) is 0.782. The van der Waals surface area contributed by atoms with Gasteiger partial charge in [-0.15, -0.1) is 11.8 Å². The number of hydrogen-bond acceptors (Lipinski definition) is 3. The average Bonchev–Trinajstić information content (AvgIpc) is 2.22. The molecule has 0 radical (unpaired) electrons. The van der Waals surface area contributed by atoms with Gasteiger partial charge in [0.25, 0.3) is 0 Å². The molecule has 4 heteroatoms. The minimum Gasteiger partial charge on any atom is -0.395 e. The molecule has 0 saturated heterocycles. The summed E-state index contributed by atoms with van der Waals surface area (Å²) in [6, 6.07) is 5.85. The molecular weight excluding hydrogens is 230 g/mol. The monoisotopic (exact) mass is 245 g/mol. The normalized spacial score (nSPS) is 12.8. The molecule has 0 aliphatic rings. The molecule has 2 N–H and O–H groups in total. The first kappa shape index (κ1) is 12.8. The minimum atomic E-state index is 0.187. The van der Waals surface area contributed by atoms with E-state index in [1.807, 2.05) is 32.2 Å². The summed E-state index contributed by atoms with van der Waals surface area (Å²) >= 11 is 7.61. The molecule has 0 spiro atoms. The summed E-state index contributed by atoms with van der Waals surface area (Å²) in [5, 5.41) is 13.1. The van der Waals surface area contributed by atoms with E-state index in [9.17, 15) is 0 Å². The number of thioether (sulfide) groups is 1. The molecule has 1 unspecified atom stereocenters. The number of benzene rings is 1. The van der Waals surface area contributed by atoms with Crippen molar-refractivity contribution in [3.8, 4) is 0 Å². The molecule has 1 aromatic carbocycles. The third-order valence-corrected chi connectivity index (χ3v) is 3.41. The van der Waals surface area contributed by atoms with Crippen molar-refractivity contribution in [2.45, 2.75) is 23.6 Å². The molecule has 1 atom stereocenters. The third kappa shape index (κ3) is 4.03. The zero-order chi connectivity index (χ0) is 11.3. The number of rotatable bonds is 5. The third-order valence-electron chi connectivity index (χ3n) is 1.98. The second kappa shape index (κ2) is 6.38. The second-order valence-electron chi connectivity index (χ2n) is 3.39. The van der Waals surface area contributed by atoms with Crippen molar-refractivity contribution < 1.29 is 5.11 Å². The van der Waals surface area contributed by atoms with Gasteiger partial charge in [0.05, 0.1) is 6.61 Å². The molecule has 0 bridgehead atoms. The van der Waals surface area contributed by atoms with E-state index in [1.165, 1.54) is 10.5 Å². The number of hydrogen-bond donors (Lipinski definition) is 2. The van der Waals surface area contributed by atoms with Crippen LogP contribution < -0.4 is 5.32 Å². The summed E-state index contributed by atoms with van der Waals surface area (Å²) in [5.41, 5.74) is 1.18. The van der Waals surface area contributed by atoms with Crippen molar-refractivity contribution >= 4 is 23.4 Å². The van der Waals surface area contributed by atoms with Crippen LogP contribution in [0.1, 0.15) is 12.5 Å². The Hall–Kier alpha value is -0.220. The first-order valence-electron chi connectivity index (χ1n) is 4.88. The van der Waals surface area contributed by atoms with Gasteiger partial charge in [-0.1, -0.05) is 18.5 Å². The zero-order valence-electron chi connectivity index (χ0n) is 8.96. The van der Waals surface area contributed by atoms with Crippen molar-refractivity contribution in [2.24, 2.45) is 0 Å². The van der Waals surface area contributed by atoms with E-state index in [4.69, 9.17) is 16.7 Å². The molecule has 0 aliphatic carbocycles. The number of aliphatic hydroxyl groups excluding tert-OH is 1. The summed E-state index contributed by atoms with van der Waals surface area (Å²) in [6.07, 6.45) is 0. The van der Waals surface area contributed by atoms with Crippen LogP contribution in [-0.2, 0) is 6.54 Å². The fourth-order valence-electron chi connectivity index (χ4n) is 1.25. The van der Waals surface area contributed by atoms with Crippen LogP contribution in [0, 0.1) is 0 Å². The molecule has 0 fully saturated rings. The van der Waals surface area contributed by atoms with Crippen molar-refractivity contribution in [2.75, 3.05) is 13.7 Å². The Kier molecular flexibility index (Phi) is 5.47. The fourth-order valence-corrected chi connectivity index (χ4v) is 2.38. The van der Waals surface area contributed by atoms with E-state index in [1.54, 1.807) is 11.8 Å². The molecule has 0 saturated carbocycles. The smallest absolute Gasteiger partial charge is 0.0550 e. The van der Waals surface area contributed by atoms with Crippen LogP contribution in [-0.4, -0.2) is 24.0 Å². The van der Waals surface area contributed by atoms with Crippen LogP contribution in [0.2, 0.25) is 5.02 Å². The van der Waals surface area contributed by atoms with Crippen molar-refractivity contribution in [3.05, 3.63) is 28.8 Å². The summed E-state index contributed by atoms with van der Waals surface area (Å²) < 4.78 is 0. The molecule has 2 nitrogen and oxygen atoms in total. The molecule has 0 heterocycles. The summed E-state index contributed by atoms with van der Waals surface area (Å²) in [6.45, 7) is 2.98. The molecule has 0 aromatic heterocycles. The van der Waals surface area contributed by atoms with Crippen molar-refractivity contribution in [1.82, 2.24) is 5.32 Å². The SMILES string of the molecule is CNCc1cc(Cl)ccc1SC(C)CO. The maximum atomic E-state index is 9.01. The largest absolute Gasteiger partial charge is 0.395 e. The lowest BCUT2D eigenvalue weighted by Crippen LogP contribution is -2.08.